The summed E-state index contributed by atoms with van der Waals surface area (Å²) in [6.07, 6.45) is 1.32. The molecule has 3 aromatic rings. The maximum Gasteiger partial charge on any atom is 0.299 e. The molecule has 0 spiro atoms. The molecule has 0 saturated carbocycles. The third kappa shape index (κ3) is 2.58. The van der Waals surface area contributed by atoms with Gasteiger partial charge in [0.15, 0.2) is 11.9 Å². The van der Waals surface area contributed by atoms with Crippen molar-refractivity contribution in [3.05, 3.63) is 74.5 Å². The number of pyridine rings is 1. The molecule has 0 radical (unpaired) electrons. The van der Waals surface area contributed by atoms with Crippen molar-refractivity contribution in [2.45, 2.75) is 0 Å². The Balaban J connectivity index is 2.22. The van der Waals surface area contributed by atoms with Crippen LogP contribution in [-0.4, -0.2) is 4.92 Å². The van der Waals surface area contributed by atoms with Crippen LogP contribution in [0.3, 0.4) is 0 Å². The van der Waals surface area contributed by atoms with Crippen molar-refractivity contribution in [2.75, 3.05) is 5.32 Å². The first kappa shape index (κ1) is 14.3. The van der Waals surface area contributed by atoms with Crippen LogP contribution in [0.5, 0.6) is 0 Å². The van der Waals surface area contributed by atoms with Gasteiger partial charge in [-0.05, 0) is 36.4 Å². The first-order chi connectivity index (χ1) is 10.6. The quantitative estimate of drug-likeness (QED) is 0.333. The predicted octanol–water partition coefficient (Wildman–Crippen LogP) is 3.89. The number of halogens is 1. The van der Waals surface area contributed by atoms with Gasteiger partial charge < -0.3 is 10.5 Å². The lowest BCUT2D eigenvalue weighted by Crippen LogP contribution is -2.27. The van der Waals surface area contributed by atoms with Gasteiger partial charge in [0.1, 0.15) is 0 Å². The van der Waals surface area contributed by atoms with Gasteiger partial charge in [0.05, 0.1) is 10.3 Å². The number of nitrogens with zero attached hydrogens (tertiary/aromatic N) is 2. The van der Waals surface area contributed by atoms with Crippen LogP contribution in [0.15, 0.2) is 59.2 Å². The number of benzene rings is 2. The highest BCUT2D eigenvalue weighted by Gasteiger charge is 2.22. The van der Waals surface area contributed by atoms with Crippen LogP contribution in [0, 0.1) is 15.3 Å². The van der Waals surface area contributed by atoms with Gasteiger partial charge in [0.2, 0.25) is 0 Å². The van der Waals surface area contributed by atoms with E-state index in [1.165, 1.54) is 12.3 Å². The van der Waals surface area contributed by atoms with Crippen LogP contribution in [-0.2, 0) is 0 Å². The summed E-state index contributed by atoms with van der Waals surface area (Å²) in [7, 11) is 0. The lowest BCUT2D eigenvalue weighted by Gasteiger charge is -2.10. The molecule has 0 aliphatic rings. The maximum atomic E-state index is 12.1. The molecule has 22 heavy (non-hydrogen) atoms. The smallest absolute Gasteiger partial charge is 0.299 e. The summed E-state index contributed by atoms with van der Waals surface area (Å²) in [5.74, 6) is 0. The monoisotopic (exact) mass is 359 g/mol. The molecule has 6 nitrogen and oxygen atoms in total. The van der Waals surface area contributed by atoms with Crippen molar-refractivity contribution < 1.29 is 9.65 Å². The summed E-state index contributed by atoms with van der Waals surface area (Å²) in [5.41, 5.74) is 0.925. The Hall–Kier alpha value is -2.67. The normalized spacial score (nSPS) is 10.6. The summed E-state index contributed by atoms with van der Waals surface area (Å²) in [5, 5.41) is 26.9. The molecule has 0 amide bonds. The number of nitro benzene ring substituents is 1. The fourth-order valence-corrected chi connectivity index (χ4v) is 2.49. The van der Waals surface area contributed by atoms with Gasteiger partial charge in [-0.2, -0.15) is 4.73 Å². The Morgan fingerprint density at radius 2 is 1.82 bits per heavy atom. The van der Waals surface area contributed by atoms with Crippen LogP contribution in [0.25, 0.3) is 10.9 Å². The molecule has 0 atom stereocenters. The van der Waals surface area contributed by atoms with Crippen LogP contribution >= 0.6 is 15.9 Å². The van der Waals surface area contributed by atoms with Crippen LogP contribution in [0.4, 0.5) is 17.1 Å². The summed E-state index contributed by atoms with van der Waals surface area (Å²) < 4.78 is 1.52. The molecule has 3 rings (SSSR count). The van der Waals surface area contributed by atoms with E-state index in [1.54, 1.807) is 30.3 Å². The Bertz CT molecular complexity index is 866. The predicted molar refractivity (Wildman–Crippen MR) is 87.0 cm³/mol. The Kier molecular flexibility index (Phi) is 3.64. The number of anilines is 2. The van der Waals surface area contributed by atoms with E-state index in [0.717, 1.165) is 4.47 Å². The fourth-order valence-electron chi connectivity index (χ4n) is 2.22. The maximum absolute atomic E-state index is 12.1. The third-order valence-electron chi connectivity index (χ3n) is 3.22. The topological polar surface area (TPSA) is 82.1 Å². The number of rotatable bonds is 3. The number of fused-ring (bicyclic) bond motifs is 1. The van der Waals surface area contributed by atoms with Gasteiger partial charge >= 0.3 is 0 Å². The Morgan fingerprint density at radius 1 is 1.09 bits per heavy atom. The molecule has 110 valence electrons. The molecular weight excluding hydrogens is 350 g/mol. The fraction of sp³-hybridized carbons (Fsp3) is 0. The van der Waals surface area contributed by atoms with E-state index in [4.69, 9.17) is 0 Å². The van der Waals surface area contributed by atoms with E-state index in [0.29, 0.717) is 15.8 Å². The van der Waals surface area contributed by atoms with Crippen molar-refractivity contribution in [3.63, 3.8) is 0 Å². The summed E-state index contributed by atoms with van der Waals surface area (Å²) in [6.45, 7) is 0. The molecule has 0 aliphatic carbocycles. The molecule has 1 aromatic heterocycles. The number of hydrogen-bond donors (Lipinski definition) is 1. The van der Waals surface area contributed by atoms with Crippen molar-refractivity contribution >= 4 is 43.9 Å². The van der Waals surface area contributed by atoms with Crippen molar-refractivity contribution in [3.8, 4) is 0 Å². The highest BCUT2D eigenvalue weighted by Crippen LogP contribution is 2.33. The molecule has 0 bridgehead atoms. The summed E-state index contributed by atoms with van der Waals surface area (Å²) >= 11 is 3.33. The van der Waals surface area contributed by atoms with E-state index >= 15 is 0 Å². The first-order valence-electron chi connectivity index (χ1n) is 6.38. The third-order valence-corrected chi connectivity index (χ3v) is 3.74. The number of aromatic nitrogens is 1. The molecule has 1 N–H and O–H groups in total. The lowest BCUT2D eigenvalue weighted by atomic mass is 10.1. The van der Waals surface area contributed by atoms with Gasteiger partial charge in [-0.15, -0.1) is 0 Å². The van der Waals surface area contributed by atoms with Crippen LogP contribution in [0.1, 0.15) is 0 Å². The van der Waals surface area contributed by atoms with Crippen LogP contribution in [0.2, 0.25) is 0 Å². The average molecular weight is 360 g/mol. The molecular formula is C15H10BrN3O3. The molecule has 0 fully saturated rings. The second-order valence-corrected chi connectivity index (χ2v) is 5.54. The molecule has 1 heterocycles. The Morgan fingerprint density at radius 3 is 2.50 bits per heavy atom. The van der Waals surface area contributed by atoms with E-state index in [1.807, 2.05) is 12.1 Å². The van der Waals surface area contributed by atoms with Gasteiger partial charge in [0.25, 0.3) is 11.2 Å². The van der Waals surface area contributed by atoms with Crippen molar-refractivity contribution in [2.24, 2.45) is 0 Å². The molecule has 0 saturated heterocycles. The lowest BCUT2D eigenvalue weighted by molar-refractivity contribution is -0.576. The minimum atomic E-state index is -0.506. The minimum absolute atomic E-state index is 0.147. The zero-order valence-corrected chi connectivity index (χ0v) is 12.8. The van der Waals surface area contributed by atoms with E-state index in [9.17, 15) is 15.3 Å². The molecule has 0 aliphatic heterocycles. The van der Waals surface area contributed by atoms with Gasteiger partial charge in [-0.1, -0.05) is 15.9 Å². The van der Waals surface area contributed by atoms with E-state index in [-0.39, 0.29) is 16.9 Å². The average Bonchev–Trinajstić information content (AvgIpc) is 2.49. The second-order valence-electron chi connectivity index (χ2n) is 4.62. The van der Waals surface area contributed by atoms with Crippen molar-refractivity contribution in [1.29, 1.82) is 0 Å². The Labute approximate surface area is 133 Å². The summed E-state index contributed by atoms with van der Waals surface area (Å²) in [4.78, 5) is 10.8. The highest BCUT2D eigenvalue weighted by atomic mass is 79.9. The molecule has 2 aromatic carbocycles. The van der Waals surface area contributed by atoms with Gasteiger partial charge in [0, 0.05) is 22.3 Å². The zero-order valence-electron chi connectivity index (χ0n) is 11.2. The highest BCUT2D eigenvalue weighted by molar-refractivity contribution is 9.10. The standard InChI is InChI=1S/C15H10BrN3O3/c16-11-4-6-12(7-5-11)17-14-13(19(21)22)8-3-10-2-1-9-18(20)15(10)14/h1-9,17H. The number of nitrogens with one attached hydrogen (secondary N) is 1. The van der Waals surface area contributed by atoms with Gasteiger partial charge in [-0.3, -0.25) is 10.1 Å². The molecule has 0 unspecified atom stereocenters. The van der Waals surface area contributed by atoms with Gasteiger partial charge in [-0.25, -0.2) is 0 Å². The largest absolute Gasteiger partial charge is 0.618 e. The molecule has 7 heteroatoms. The number of hydrogen-bond acceptors (Lipinski definition) is 4. The second kappa shape index (κ2) is 5.61. The number of nitro groups is 1. The van der Waals surface area contributed by atoms with Crippen molar-refractivity contribution in [1.82, 2.24) is 0 Å². The zero-order chi connectivity index (χ0) is 15.7. The first-order valence-corrected chi connectivity index (χ1v) is 7.17. The minimum Gasteiger partial charge on any atom is -0.618 e. The van der Waals surface area contributed by atoms with Crippen LogP contribution < -0.4 is 10.0 Å². The van der Waals surface area contributed by atoms with E-state index < -0.39 is 4.92 Å². The SMILES string of the molecule is O=[N+]([O-])c1ccc2ccc[n+]([O-])c2c1Nc1ccc(Br)cc1. The van der Waals surface area contributed by atoms with E-state index in [2.05, 4.69) is 21.2 Å². The summed E-state index contributed by atoms with van der Waals surface area (Å²) in [6, 6.07) is 13.5.